The van der Waals surface area contributed by atoms with Crippen LogP contribution in [0.4, 0.5) is 0 Å². The topological polar surface area (TPSA) is 39.1 Å². The molecule has 0 radical (unpaired) electrons. The van der Waals surface area contributed by atoms with Crippen molar-refractivity contribution in [3.8, 4) is 6.07 Å². The van der Waals surface area contributed by atoms with Crippen molar-refractivity contribution >= 4 is 0 Å². The smallest absolute Gasteiger partial charge is 0.0672 e. The van der Waals surface area contributed by atoms with Gasteiger partial charge in [-0.05, 0) is 52.2 Å². The van der Waals surface area contributed by atoms with Crippen molar-refractivity contribution < 1.29 is 0 Å². The number of hydrogen-bond donors (Lipinski definition) is 1. The quantitative estimate of drug-likeness (QED) is 0.772. The molecule has 2 rings (SSSR count). The first-order valence-corrected chi connectivity index (χ1v) is 6.64. The second-order valence-corrected chi connectivity index (χ2v) is 5.37. The number of rotatable bonds is 2. The van der Waals surface area contributed by atoms with E-state index in [1.54, 1.807) is 0 Å². The third-order valence-corrected chi connectivity index (χ3v) is 4.08. The van der Waals surface area contributed by atoms with E-state index in [4.69, 9.17) is 5.26 Å². The molecular formula is C13H23N3. The Hall–Kier alpha value is -0.590. The third kappa shape index (κ3) is 2.96. The molecule has 1 saturated carbocycles. The van der Waals surface area contributed by atoms with Crippen LogP contribution in [0.25, 0.3) is 0 Å². The summed E-state index contributed by atoms with van der Waals surface area (Å²) in [5, 5.41) is 12.8. The number of nitriles is 1. The van der Waals surface area contributed by atoms with Crippen LogP contribution in [0, 0.1) is 17.2 Å². The van der Waals surface area contributed by atoms with E-state index in [9.17, 15) is 0 Å². The minimum atomic E-state index is 0.265. The molecule has 0 spiro atoms. The Bertz CT molecular complexity index is 258. The van der Waals surface area contributed by atoms with Gasteiger partial charge in [0.25, 0.3) is 0 Å². The predicted octanol–water partition coefficient (Wildman–Crippen LogP) is 1.75. The Morgan fingerprint density at radius 3 is 2.81 bits per heavy atom. The van der Waals surface area contributed by atoms with Crippen LogP contribution in [0.1, 0.15) is 38.5 Å². The Kier molecular flexibility index (Phi) is 4.20. The summed E-state index contributed by atoms with van der Waals surface area (Å²) in [7, 11) is 2.20. The van der Waals surface area contributed by atoms with E-state index >= 15 is 0 Å². The summed E-state index contributed by atoms with van der Waals surface area (Å²) in [5.41, 5.74) is 0. The Balaban J connectivity index is 1.82. The molecule has 0 bridgehead atoms. The lowest BCUT2D eigenvalue weighted by Gasteiger charge is -2.23. The molecule has 1 aliphatic carbocycles. The lowest BCUT2D eigenvalue weighted by molar-refractivity contribution is 0.333. The SMILES string of the molecule is CN1CCCC(NC2CCCC2C#N)CC1. The van der Waals surface area contributed by atoms with Crippen LogP contribution >= 0.6 is 0 Å². The molecule has 2 aliphatic rings. The molecule has 0 aromatic rings. The van der Waals surface area contributed by atoms with Gasteiger partial charge in [-0.3, -0.25) is 0 Å². The maximum atomic E-state index is 9.07. The molecule has 3 atom stereocenters. The van der Waals surface area contributed by atoms with Crippen molar-refractivity contribution in [2.45, 2.75) is 50.6 Å². The molecule has 3 unspecified atom stereocenters. The lowest BCUT2D eigenvalue weighted by Crippen LogP contribution is -2.40. The van der Waals surface area contributed by atoms with Gasteiger partial charge < -0.3 is 10.2 Å². The zero-order chi connectivity index (χ0) is 11.4. The maximum Gasteiger partial charge on any atom is 0.0672 e. The van der Waals surface area contributed by atoms with E-state index in [0.717, 1.165) is 6.42 Å². The van der Waals surface area contributed by atoms with E-state index in [2.05, 4.69) is 23.3 Å². The number of nitrogens with one attached hydrogen (secondary N) is 1. The molecule has 1 heterocycles. The first kappa shape index (κ1) is 11.9. The molecule has 0 aromatic heterocycles. The highest BCUT2D eigenvalue weighted by molar-refractivity contribution is 4.97. The highest BCUT2D eigenvalue weighted by Crippen LogP contribution is 2.26. The first-order chi connectivity index (χ1) is 7.79. The van der Waals surface area contributed by atoms with E-state index in [0.29, 0.717) is 12.1 Å². The van der Waals surface area contributed by atoms with Crippen molar-refractivity contribution in [3.63, 3.8) is 0 Å². The molecule has 16 heavy (non-hydrogen) atoms. The molecule has 2 fully saturated rings. The van der Waals surface area contributed by atoms with Crippen LogP contribution in [0.3, 0.4) is 0 Å². The monoisotopic (exact) mass is 221 g/mol. The highest BCUT2D eigenvalue weighted by Gasteiger charge is 2.29. The van der Waals surface area contributed by atoms with Gasteiger partial charge in [0.2, 0.25) is 0 Å². The van der Waals surface area contributed by atoms with Gasteiger partial charge in [-0.1, -0.05) is 6.42 Å². The molecule has 3 heteroatoms. The van der Waals surface area contributed by atoms with Gasteiger partial charge in [0.15, 0.2) is 0 Å². The second kappa shape index (κ2) is 5.65. The Labute approximate surface area is 98.8 Å². The molecule has 0 amide bonds. The maximum absolute atomic E-state index is 9.07. The average molecular weight is 221 g/mol. The predicted molar refractivity (Wildman–Crippen MR) is 65.0 cm³/mol. The van der Waals surface area contributed by atoms with Crippen LogP contribution in [0.2, 0.25) is 0 Å². The normalized spacial score (nSPS) is 36.9. The summed E-state index contributed by atoms with van der Waals surface area (Å²) in [4.78, 5) is 2.41. The molecule has 0 aromatic carbocycles. The Morgan fingerprint density at radius 1 is 1.12 bits per heavy atom. The van der Waals surface area contributed by atoms with E-state index in [-0.39, 0.29) is 5.92 Å². The summed E-state index contributed by atoms with van der Waals surface area (Å²) in [6.07, 6.45) is 7.33. The number of likely N-dealkylation sites (tertiary alicyclic amines) is 1. The summed E-state index contributed by atoms with van der Waals surface area (Å²) < 4.78 is 0. The molecule has 3 nitrogen and oxygen atoms in total. The summed E-state index contributed by atoms with van der Waals surface area (Å²) in [6, 6.07) is 3.57. The fraction of sp³-hybridized carbons (Fsp3) is 0.923. The van der Waals surface area contributed by atoms with Gasteiger partial charge in [0.1, 0.15) is 0 Å². The third-order valence-electron chi connectivity index (χ3n) is 4.08. The van der Waals surface area contributed by atoms with Crippen LogP contribution in [0.5, 0.6) is 0 Å². The molecule has 90 valence electrons. The zero-order valence-corrected chi connectivity index (χ0v) is 10.3. The molecular weight excluding hydrogens is 198 g/mol. The van der Waals surface area contributed by atoms with Crippen molar-refractivity contribution in [2.24, 2.45) is 5.92 Å². The van der Waals surface area contributed by atoms with Crippen molar-refractivity contribution in [2.75, 3.05) is 20.1 Å². The second-order valence-electron chi connectivity index (χ2n) is 5.37. The van der Waals surface area contributed by atoms with Crippen LogP contribution < -0.4 is 5.32 Å². The lowest BCUT2D eigenvalue weighted by atomic mass is 10.0. The van der Waals surface area contributed by atoms with Gasteiger partial charge in [-0.15, -0.1) is 0 Å². The first-order valence-electron chi connectivity index (χ1n) is 6.64. The van der Waals surface area contributed by atoms with Gasteiger partial charge in [0, 0.05) is 12.1 Å². The average Bonchev–Trinajstić information content (AvgIpc) is 2.63. The number of nitrogens with zero attached hydrogens (tertiary/aromatic N) is 2. The van der Waals surface area contributed by atoms with Crippen LogP contribution in [-0.2, 0) is 0 Å². The Morgan fingerprint density at radius 2 is 2.00 bits per heavy atom. The summed E-state index contributed by atoms with van der Waals surface area (Å²) in [5.74, 6) is 0.265. The van der Waals surface area contributed by atoms with Gasteiger partial charge in [0.05, 0.1) is 12.0 Å². The van der Waals surface area contributed by atoms with Crippen molar-refractivity contribution in [1.82, 2.24) is 10.2 Å². The van der Waals surface area contributed by atoms with Gasteiger partial charge in [-0.25, -0.2) is 0 Å². The van der Waals surface area contributed by atoms with Gasteiger partial charge in [-0.2, -0.15) is 5.26 Å². The van der Waals surface area contributed by atoms with Crippen LogP contribution in [0.15, 0.2) is 0 Å². The standard InChI is InChI=1S/C13H23N3/c1-16-8-3-5-12(7-9-16)15-13-6-2-4-11(13)10-14/h11-13,15H,2-9H2,1H3. The molecule has 1 aliphatic heterocycles. The fourth-order valence-corrected chi connectivity index (χ4v) is 3.02. The van der Waals surface area contributed by atoms with Gasteiger partial charge >= 0.3 is 0 Å². The zero-order valence-electron chi connectivity index (χ0n) is 10.3. The van der Waals surface area contributed by atoms with Crippen molar-refractivity contribution in [1.29, 1.82) is 5.26 Å². The van der Waals surface area contributed by atoms with Crippen LogP contribution in [-0.4, -0.2) is 37.1 Å². The molecule has 1 saturated heterocycles. The molecule has 1 N–H and O–H groups in total. The summed E-state index contributed by atoms with van der Waals surface area (Å²) >= 11 is 0. The number of hydrogen-bond acceptors (Lipinski definition) is 3. The van der Waals surface area contributed by atoms with Crippen molar-refractivity contribution in [3.05, 3.63) is 0 Å². The van der Waals surface area contributed by atoms with E-state index in [1.165, 1.54) is 45.2 Å². The minimum Gasteiger partial charge on any atom is -0.310 e. The largest absolute Gasteiger partial charge is 0.310 e. The minimum absolute atomic E-state index is 0.265. The van der Waals surface area contributed by atoms with E-state index < -0.39 is 0 Å². The highest BCUT2D eigenvalue weighted by atomic mass is 15.1. The van der Waals surface area contributed by atoms with E-state index in [1.807, 2.05) is 0 Å². The summed E-state index contributed by atoms with van der Waals surface area (Å²) in [6.45, 7) is 2.42. The fourth-order valence-electron chi connectivity index (χ4n) is 3.02.